The zero-order valence-corrected chi connectivity index (χ0v) is 12.1. The molecule has 0 spiro atoms. The van der Waals surface area contributed by atoms with Gasteiger partial charge in [0.05, 0.1) is 0 Å². The van der Waals surface area contributed by atoms with Crippen LogP contribution >= 0.6 is 0 Å². The number of rotatable bonds is 6. The van der Waals surface area contributed by atoms with Gasteiger partial charge in [0.15, 0.2) is 6.61 Å². The molecule has 4 heteroatoms. The predicted molar refractivity (Wildman–Crippen MR) is 79.3 cm³/mol. The number of hydrogen-bond donors (Lipinski definition) is 2. The number of benzene rings is 1. The van der Waals surface area contributed by atoms with Crippen molar-refractivity contribution in [2.45, 2.75) is 32.7 Å². The Morgan fingerprint density at radius 3 is 2.70 bits per heavy atom. The zero-order valence-electron chi connectivity index (χ0n) is 12.1. The lowest BCUT2D eigenvalue weighted by atomic mass is 9.98. The van der Waals surface area contributed by atoms with Crippen molar-refractivity contribution in [2.24, 2.45) is 17.6 Å². The lowest BCUT2D eigenvalue weighted by Crippen LogP contribution is -2.33. The smallest absolute Gasteiger partial charge is 0.257 e. The standard InChI is InChI=1S/C16H24N2O2/c1-12-3-2-4-14(12)10-18-16(19)11-20-15-7-5-13(9-17)6-8-15/h5-8,12,14H,2-4,9-11,17H2,1H3,(H,18,19). The summed E-state index contributed by atoms with van der Waals surface area (Å²) in [7, 11) is 0. The lowest BCUT2D eigenvalue weighted by molar-refractivity contribution is -0.123. The first kappa shape index (κ1) is 14.9. The van der Waals surface area contributed by atoms with Crippen LogP contribution in [0.25, 0.3) is 0 Å². The monoisotopic (exact) mass is 276 g/mol. The molecule has 1 aliphatic rings. The van der Waals surface area contributed by atoms with Gasteiger partial charge in [0, 0.05) is 13.1 Å². The highest BCUT2D eigenvalue weighted by atomic mass is 16.5. The number of ether oxygens (including phenoxy) is 1. The quantitative estimate of drug-likeness (QED) is 0.836. The van der Waals surface area contributed by atoms with Crippen LogP contribution in [0.5, 0.6) is 5.75 Å². The molecule has 0 saturated heterocycles. The topological polar surface area (TPSA) is 64.3 Å². The summed E-state index contributed by atoms with van der Waals surface area (Å²) in [5, 5.41) is 2.96. The van der Waals surface area contributed by atoms with Crippen LogP contribution in [0.15, 0.2) is 24.3 Å². The minimum atomic E-state index is -0.0491. The van der Waals surface area contributed by atoms with Crippen LogP contribution in [0.4, 0.5) is 0 Å². The summed E-state index contributed by atoms with van der Waals surface area (Å²) in [6.45, 7) is 3.62. The highest BCUT2D eigenvalue weighted by molar-refractivity contribution is 5.77. The lowest BCUT2D eigenvalue weighted by Gasteiger charge is -2.16. The van der Waals surface area contributed by atoms with Crippen molar-refractivity contribution in [3.05, 3.63) is 29.8 Å². The fourth-order valence-corrected chi connectivity index (χ4v) is 2.69. The zero-order chi connectivity index (χ0) is 14.4. The van der Waals surface area contributed by atoms with E-state index >= 15 is 0 Å². The number of nitrogens with one attached hydrogen (secondary N) is 1. The Hall–Kier alpha value is -1.55. The molecule has 0 aromatic heterocycles. The Balaban J connectivity index is 1.69. The van der Waals surface area contributed by atoms with E-state index in [1.165, 1.54) is 19.3 Å². The summed E-state index contributed by atoms with van der Waals surface area (Å²) in [4.78, 5) is 11.7. The first-order chi connectivity index (χ1) is 9.69. The van der Waals surface area contributed by atoms with Gasteiger partial charge in [-0.2, -0.15) is 0 Å². The second kappa shape index (κ2) is 7.29. The molecule has 3 N–H and O–H groups in total. The van der Waals surface area contributed by atoms with Gasteiger partial charge in [0.1, 0.15) is 5.75 Å². The van der Waals surface area contributed by atoms with E-state index in [-0.39, 0.29) is 12.5 Å². The van der Waals surface area contributed by atoms with Gasteiger partial charge in [-0.1, -0.05) is 31.9 Å². The van der Waals surface area contributed by atoms with Crippen LogP contribution in [0.3, 0.4) is 0 Å². The summed E-state index contributed by atoms with van der Waals surface area (Å²) in [6, 6.07) is 7.50. The van der Waals surface area contributed by atoms with E-state index < -0.39 is 0 Å². The molecule has 0 radical (unpaired) electrons. The normalized spacial score (nSPS) is 21.7. The van der Waals surface area contributed by atoms with Gasteiger partial charge in [-0.3, -0.25) is 4.79 Å². The fourth-order valence-electron chi connectivity index (χ4n) is 2.69. The van der Waals surface area contributed by atoms with Crippen molar-refractivity contribution in [3.8, 4) is 5.75 Å². The number of carbonyl (C=O) groups is 1. The van der Waals surface area contributed by atoms with E-state index in [0.29, 0.717) is 18.2 Å². The van der Waals surface area contributed by atoms with Crippen LogP contribution in [-0.2, 0) is 11.3 Å². The van der Waals surface area contributed by atoms with Gasteiger partial charge >= 0.3 is 0 Å². The average molecular weight is 276 g/mol. The number of nitrogens with two attached hydrogens (primary N) is 1. The molecule has 2 rings (SSSR count). The van der Waals surface area contributed by atoms with Crippen molar-refractivity contribution in [3.63, 3.8) is 0 Å². The van der Waals surface area contributed by atoms with Crippen LogP contribution in [-0.4, -0.2) is 19.1 Å². The molecule has 2 atom stereocenters. The first-order valence-corrected chi connectivity index (χ1v) is 7.37. The molecule has 1 aromatic carbocycles. The molecule has 1 fully saturated rings. The molecule has 110 valence electrons. The average Bonchev–Trinajstić information content (AvgIpc) is 2.89. The van der Waals surface area contributed by atoms with E-state index in [1.54, 1.807) is 0 Å². The minimum Gasteiger partial charge on any atom is -0.484 e. The van der Waals surface area contributed by atoms with Gasteiger partial charge in [0.2, 0.25) is 0 Å². The van der Waals surface area contributed by atoms with E-state index in [1.807, 2.05) is 24.3 Å². The van der Waals surface area contributed by atoms with Gasteiger partial charge in [-0.05, 0) is 36.0 Å². The van der Waals surface area contributed by atoms with E-state index in [9.17, 15) is 4.79 Å². The molecule has 0 heterocycles. The molecule has 1 saturated carbocycles. The highest BCUT2D eigenvalue weighted by Crippen LogP contribution is 2.30. The molecule has 0 bridgehead atoms. The van der Waals surface area contributed by atoms with Crippen molar-refractivity contribution in [1.29, 1.82) is 0 Å². The Labute approximate surface area is 120 Å². The summed E-state index contributed by atoms with van der Waals surface area (Å²) in [5.74, 6) is 2.00. The molecule has 0 aliphatic heterocycles. The Bertz CT molecular complexity index is 431. The number of amides is 1. The maximum atomic E-state index is 11.7. The van der Waals surface area contributed by atoms with Gasteiger partial charge in [-0.25, -0.2) is 0 Å². The van der Waals surface area contributed by atoms with E-state index in [2.05, 4.69) is 12.2 Å². The molecule has 2 unspecified atom stereocenters. The summed E-state index contributed by atoms with van der Waals surface area (Å²) in [5.41, 5.74) is 6.58. The maximum absolute atomic E-state index is 11.7. The third-order valence-electron chi connectivity index (χ3n) is 4.13. The largest absolute Gasteiger partial charge is 0.484 e. The molecule has 1 aliphatic carbocycles. The first-order valence-electron chi connectivity index (χ1n) is 7.37. The second-order valence-electron chi connectivity index (χ2n) is 5.61. The summed E-state index contributed by atoms with van der Waals surface area (Å²) >= 11 is 0. The number of hydrogen-bond acceptors (Lipinski definition) is 3. The minimum absolute atomic E-state index is 0.0491. The predicted octanol–water partition coefficient (Wildman–Crippen LogP) is 2.08. The number of carbonyl (C=O) groups excluding carboxylic acids is 1. The van der Waals surface area contributed by atoms with E-state index in [4.69, 9.17) is 10.5 Å². The maximum Gasteiger partial charge on any atom is 0.257 e. The van der Waals surface area contributed by atoms with Crippen molar-refractivity contribution in [2.75, 3.05) is 13.2 Å². The third kappa shape index (κ3) is 4.23. The summed E-state index contributed by atoms with van der Waals surface area (Å²) in [6.07, 6.45) is 3.79. The van der Waals surface area contributed by atoms with Crippen LogP contribution < -0.4 is 15.8 Å². The fraction of sp³-hybridized carbons (Fsp3) is 0.562. The van der Waals surface area contributed by atoms with Gasteiger partial charge in [-0.15, -0.1) is 0 Å². The summed E-state index contributed by atoms with van der Waals surface area (Å²) < 4.78 is 5.46. The SMILES string of the molecule is CC1CCCC1CNC(=O)COc1ccc(CN)cc1. The molecular weight excluding hydrogens is 252 g/mol. The van der Waals surface area contributed by atoms with Crippen molar-refractivity contribution in [1.82, 2.24) is 5.32 Å². The molecular formula is C16H24N2O2. The Kier molecular flexibility index (Phi) is 5.41. The second-order valence-corrected chi connectivity index (χ2v) is 5.61. The van der Waals surface area contributed by atoms with Crippen LogP contribution in [0, 0.1) is 11.8 Å². The molecule has 1 aromatic rings. The Morgan fingerprint density at radius 2 is 2.10 bits per heavy atom. The third-order valence-corrected chi connectivity index (χ3v) is 4.13. The van der Waals surface area contributed by atoms with Crippen molar-refractivity contribution < 1.29 is 9.53 Å². The Morgan fingerprint density at radius 1 is 1.35 bits per heavy atom. The van der Waals surface area contributed by atoms with Gasteiger partial charge < -0.3 is 15.8 Å². The van der Waals surface area contributed by atoms with Crippen molar-refractivity contribution >= 4 is 5.91 Å². The van der Waals surface area contributed by atoms with Gasteiger partial charge in [0.25, 0.3) is 5.91 Å². The molecule has 20 heavy (non-hydrogen) atoms. The molecule has 1 amide bonds. The van der Waals surface area contributed by atoms with E-state index in [0.717, 1.165) is 18.0 Å². The van der Waals surface area contributed by atoms with Crippen LogP contribution in [0.2, 0.25) is 0 Å². The molecule has 4 nitrogen and oxygen atoms in total. The highest BCUT2D eigenvalue weighted by Gasteiger charge is 2.23. The van der Waals surface area contributed by atoms with Crippen LogP contribution in [0.1, 0.15) is 31.7 Å².